The number of carbonyl (C=O) groups excluding carboxylic acids is 1. The predicted molar refractivity (Wildman–Crippen MR) is 77.3 cm³/mol. The highest BCUT2D eigenvalue weighted by molar-refractivity contribution is 5.94. The highest BCUT2D eigenvalue weighted by atomic mass is 16.2. The molecular formula is C15H18N4O. The predicted octanol–water partition coefficient (Wildman–Crippen LogP) is 2.01. The third kappa shape index (κ3) is 2.52. The minimum Gasteiger partial charge on any atom is -0.382 e. The molecule has 2 aromatic rings. The lowest BCUT2D eigenvalue weighted by molar-refractivity contribution is 0.0706. The highest BCUT2D eigenvalue weighted by Crippen LogP contribution is 2.27. The van der Waals surface area contributed by atoms with Crippen LogP contribution in [0.5, 0.6) is 0 Å². The number of aromatic nitrogens is 2. The molecule has 1 amide bonds. The van der Waals surface area contributed by atoms with E-state index in [1.165, 1.54) is 0 Å². The number of benzene rings is 1. The first-order chi connectivity index (χ1) is 9.74. The largest absolute Gasteiger partial charge is 0.382 e. The third-order valence-electron chi connectivity index (χ3n) is 3.79. The van der Waals surface area contributed by atoms with E-state index in [0.717, 1.165) is 37.2 Å². The molecule has 0 saturated carbocycles. The number of anilines is 1. The quantitative estimate of drug-likeness (QED) is 0.876. The molecule has 0 bridgehead atoms. The Kier molecular flexibility index (Phi) is 3.41. The van der Waals surface area contributed by atoms with Crippen molar-refractivity contribution in [1.82, 2.24) is 15.1 Å². The molecule has 1 aliphatic rings. The van der Waals surface area contributed by atoms with Crippen molar-refractivity contribution in [3.63, 3.8) is 0 Å². The SMILES string of the molecule is Nc1cc(C2CCCN(C(=O)c3ccccc3)C2)[nH]n1. The summed E-state index contributed by atoms with van der Waals surface area (Å²) in [5, 5.41) is 6.93. The summed E-state index contributed by atoms with van der Waals surface area (Å²) in [5.74, 6) is 0.899. The van der Waals surface area contributed by atoms with Gasteiger partial charge in [-0.1, -0.05) is 18.2 Å². The van der Waals surface area contributed by atoms with Crippen LogP contribution >= 0.6 is 0 Å². The van der Waals surface area contributed by atoms with Crippen LogP contribution in [0.15, 0.2) is 36.4 Å². The van der Waals surface area contributed by atoms with Gasteiger partial charge in [-0.05, 0) is 25.0 Å². The van der Waals surface area contributed by atoms with Crippen LogP contribution in [0.1, 0.15) is 34.8 Å². The lowest BCUT2D eigenvalue weighted by Crippen LogP contribution is -2.39. The van der Waals surface area contributed by atoms with Crippen molar-refractivity contribution in [2.75, 3.05) is 18.8 Å². The van der Waals surface area contributed by atoms with Gasteiger partial charge in [0.1, 0.15) is 5.82 Å². The Balaban J connectivity index is 1.74. The van der Waals surface area contributed by atoms with E-state index in [4.69, 9.17) is 5.73 Å². The summed E-state index contributed by atoms with van der Waals surface area (Å²) in [7, 11) is 0. The average molecular weight is 270 g/mol. The van der Waals surface area contributed by atoms with Gasteiger partial charge in [0.05, 0.1) is 0 Å². The number of H-pyrrole nitrogens is 1. The maximum atomic E-state index is 12.5. The summed E-state index contributed by atoms with van der Waals surface area (Å²) in [6.45, 7) is 1.53. The first-order valence-electron chi connectivity index (χ1n) is 6.89. The Morgan fingerprint density at radius 3 is 2.85 bits per heavy atom. The molecule has 20 heavy (non-hydrogen) atoms. The molecule has 1 unspecified atom stereocenters. The fraction of sp³-hybridized carbons (Fsp3) is 0.333. The smallest absolute Gasteiger partial charge is 0.253 e. The fourth-order valence-electron chi connectivity index (χ4n) is 2.74. The summed E-state index contributed by atoms with van der Waals surface area (Å²) in [4.78, 5) is 14.4. The maximum absolute atomic E-state index is 12.5. The van der Waals surface area contributed by atoms with E-state index in [9.17, 15) is 4.79 Å². The van der Waals surface area contributed by atoms with Gasteiger partial charge in [-0.25, -0.2) is 0 Å². The molecule has 1 aromatic heterocycles. The number of nitrogens with zero attached hydrogens (tertiary/aromatic N) is 2. The minimum atomic E-state index is 0.0998. The van der Waals surface area contributed by atoms with Gasteiger partial charge >= 0.3 is 0 Å². The van der Waals surface area contributed by atoms with E-state index in [1.54, 1.807) is 0 Å². The number of carbonyl (C=O) groups is 1. The van der Waals surface area contributed by atoms with Crippen molar-refractivity contribution in [3.8, 4) is 0 Å². The molecule has 5 heteroatoms. The molecule has 0 radical (unpaired) electrons. The molecule has 1 fully saturated rings. The van der Waals surface area contributed by atoms with Crippen molar-refractivity contribution >= 4 is 11.7 Å². The number of piperidine rings is 1. The van der Waals surface area contributed by atoms with Crippen molar-refractivity contribution < 1.29 is 4.79 Å². The second-order valence-corrected chi connectivity index (χ2v) is 5.20. The Hall–Kier alpha value is -2.30. The van der Waals surface area contributed by atoms with E-state index in [0.29, 0.717) is 11.7 Å². The fourth-order valence-corrected chi connectivity index (χ4v) is 2.74. The van der Waals surface area contributed by atoms with Gasteiger partial charge in [0, 0.05) is 36.3 Å². The number of aromatic amines is 1. The first kappa shape index (κ1) is 12.7. The van der Waals surface area contributed by atoms with Gasteiger partial charge in [0.25, 0.3) is 5.91 Å². The topological polar surface area (TPSA) is 75.0 Å². The maximum Gasteiger partial charge on any atom is 0.253 e. The molecule has 1 atom stereocenters. The summed E-state index contributed by atoms with van der Waals surface area (Å²) in [6.07, 6.45) is 2.06. The molecule has 0 aliphatic carbocycles. The summed E-state index contributed by atoms with van der Waals surface area (Å²) < 4.78 is 0. The zero-order valence-electron chi connectivity index (χ0n) is 11.2. The zero-order valence-corrected chi connectivity index (χ0v) is 11.2. The number of nitrogen functional groups attached to an aromatic ring is 1. The number of hydrogen-bond donors (Lipinski definition) is 2. The van der Waals surface area contributed by atoms with E-state index >= 15 is 0 Å². The lowest BCUT2D eigenvalue weighted by atomic mass is 9.94. The van der Waals surface area contributed by atoms with Crippen LogP contribution in [0.25, 0.3) is 0 Å². The Labute approximate surface area is 117 Å². The molecule has 104 valence electrons. The van der Waals surface area contributed by atoms with E-state index < -0.39 is 0 Å². The second kappa shape index (κ2) is 5.36. The molecule has 2 heterocycles. The second-order valence-electron chi connectivity index (χ2n) is 5.20. The van der Waals surface area contributed by atoms with E-state index in [2.05, 4.69) is 10.2 Å². The van der Waals surface area contributed by atoms with Gasteiger partial charge in [0.2, 0.25) is 0 Å². The monoisotopic (exact) mass is 270 g/mol. The minimum absolute atomic E-state index is 0.0998. The number of hydrogen-bond acceptors (Lipinski definition) is 3. The van der Waals surface area contributed by atoms with Crippen molar-refractivity contribution in [3.05, 3.63) is 47.7 Å². The molecule has 0 spiro atoms. The number of amides is 1. The molecule has 3 N–H and O–H groups in total. The molecule has 5 nitrogen and oxygen atoms in total. The standard InChI is InChI=1S/C15H18N4O/c16-14-9-13(17-18-14)12-7-4-8-19(10-12)15(20)11-5-2-1-3-6-11/h1-3,5-6,9,12H,4,7-8,10H2,(H3,16,17,18). The zero-order chi connectivity index (χ0) is 13.9. The Morgan fingerprint density at radius 2 is 2.15 bits per heavy atom. The Morgan fingerprint density at radius 1 is 1.35 bits per heavy atom. The summed E-state index contributed by atoms with van der Waals surface area (Å²) >= 11 is 0. The van der Waals surface area contributed by atoms with Crippen LogP contribution in [0.4, 0.5) is 5.82 Å². The van der Waals surface area contributed by atoms with Crippen LogP contribution in [0.2, 0.25) is 0 Å². The van der Waals surface area contributed by atoms with E-state index in [1.807, 2.05) is 41.3 Å². The number of rotatable bonds is 2. The third-order valence-corrected chi connectivity index (χ3v) is 3.79. The Bertz CT molecular complexity index is 593. The molecule has 1 aliphatic heterocycles. The first-order valence-corrected chi connectivity index (χ1v) is 6.89. The van der Waals surface area contributed by atoms with Crippen molar-refractivity contribution in [2.24, 2.45) is 0 Å². The molecule has 3 rings (SSSR count). The van der Waals surface area contributed by atoms with Crippen molar-refractivity contribution in [1.29, 1.82) is 0 Å². The van der Waals surface area contributed by atoms with Gasteiger partial charge in [-0.15, -0.1) is 0 Å². The van der Waals surface area contributed by atoms with Crippen LogP contribution < -0.4 is 5.73 Å². The average Bonchev–Trinajstić information content (AvgIpc) is 2.94. The molecule has 1 aromatic carbocycles. The molecule has 1 saturated heterocycles. The van der Waals surface area contributed by atoms with Crippen molar-refractivity contribution in [2.45, 2.75) is 18.8 Å². The number of nitrogens with two attached hydrogens (primary N) is 1. The van der Waals surface area contributed by atoms with Gasteiger partial charge in [-0.2, -0.15) is 5.10 Å². The van der Waals surface area contributed by atoms with E-state index in [-0.39, 0.29) is 5.91 Å². The highest BCUT2D eigenvalue weighted by Gasteiger charge is 2.26. The summed E-state index contributed by atoms with van der Waals surface area (Å²) in [6, 6.07) is 11.3. The van der Waals surface area contributed by atoms with Crippen LogP contribution in [0.3, 0.4) is 0 Å². The normalized spacial score (nSPS) is 19.0. The summed E-state index contributed by atoms with van der Waals surface area (Å²) in [5.41, 5.74) is 7.42. The lowest BCUT2D eigenvalue weighted by Gasteiger charge is -2.32. The van der Waals surface area contributed by atoms with Crippen LogP contribution in [-0.2, 0) is 0 Å². The number of nitrogens with one attached hydrogen (secondary N) is 1. The van der Waals surface area contributed by atoms with Gasteiger partial charge in [-0.3, -0.25) is 9.89 Å². The number of likely N-dealkylation sites (tertiary alicyclic amines) is 1. The van der Waals surface area contributed by atoms with Gasteiger partial charge < -0.3 is 10.6 Å². The van der Waals surface area contributed by atoms with Crippen LogP contribution in [0, 0.1) is 0 Å². The van der Waals surface area contributed by atoms with Gasteiger partial charge in [0.15, 0.2) is 0 Å². The van der Waals surface area contributed by atoms with Crippen LogP contribution in [-0.4, -0.2) is 34.1 Å². The molecular weight excluding hydrogens is 252 g/mol.